The van der Waals surface area contributed by atoms with Crippen molar-refractivity contribution in [1.29, 1.82) is 0 Å². The van der Waals surface area contributed by atoms with Gasteiger partial charge in [0.1, 0.15) is 0 Å². The van der Waals surface area contributed by atoms with Gasteiger partial charge in [0.25, 0.3) is 0 Å². The standard InChI is InChI=1S/C20H24N6O3/c1-13-7-5-10-19(26-20(28)25(4)23-24-26)18(13)12-29-22-14(2)16-8-6-9-17(11-16)21-15(3)27/h5-11,14,22H,12H2,1-4H3,(H,21,27). The lowest BCUT2D eigenvalue weighted by molar-refractivity contribution is -0.114. The monoisotopic (exact) mass is 396 g/mol. The highest BCUT2D eigenvalue weighted by molar-refractivity contribution is 5.88. The van der Waals surface area contributed by atoms with Crippen LogP contribution in [0.25, 0.3) is 5.69 Å². The van der Waals surface area contributed by atoms with E-state index in [0.29, 0.717) is 5.69 Å². The van der Waals surface area contributed by atoms with Crippen LogP contribution in [0.3, 0.4) is 0 Å². The Balaban J connectivity index is 1.72. The Labute approximate surface area is 168 Å². The van der Waals surface area contributed by atoms with Gasteiger partial charge in [-0.05, 0) is 53.6 Å². The van der Waals surface area contributed by atoms with Gasteiger partial charge in [0.05, 0.1) is 18.3 Å². The van der Waals surface area contributed by atoms with Gasteiger partial charge < -0.3 is 5.32 Å². The molecule has 0 bridgehead atoms. The third kappa shape index (κ3) is 4.76. The predicted molar refractivity (Wildman–Crippen MR) is 108 cm³/mol. The van der Waals surface area contributed by atoms with Gasteiger partial charge in [0.2, 0.25) is 5.91 Å². The number of carbonyl (C=O) groups is 1. The molecule has 0 fully saturated rings. The molecule has 1 unspecified atom stereocenters. The average molecular weight is 396 g/mol. The van der Waals surface area contributed by atoms with Crippen molar-refractivity contribution < 1.29 is 9.63 Å². The van der Waals surface area contributed by atoms with Crippen LogP contribution in [0.15, 0.2) is 47.3 Å². The maximum Gasteiger partial charge on any atom is 0.368 e. The number of nitrogens with zero attached hydrogens (tertiary/aromatic N) is 4. The number of aromatic nitrogens is 4. The van der Waals surface area contributed by atoms with Crippen LogP contribution in [0.4, 0.5) is 5.69 Å². The lowest BCUT2D eigenvalue weighted by atomic mass is 10.1. The molecule has 0 spiro atoms. The lowest BCUT2D eigenvalue weighted by Crippen LogP contribution is -2.24. The summed E-state index contributed by atoms with van der Waals surface area (Å²) in [7, 11) is 1.55. The summed E-state index contributed by atoms with van der Waals surface area (Å²) in [4.78, 5) is 29.2. The number of carbonyl (C=O) groups excluding carboxylic acids is 1. The van der Waals surface area contributed by atoms with E-state index in [1.165, 1.54) is 16.3 Å². The summed E-state index contributed by atoms with van der Waals surface area (Å²) in [5, 5.41) is 10.5. The van der Waals surface area contributed by atoms with E-state index < -0.39 is 0 Å². The molecule has 152 valence electrons. The third-order valence-corrected chi connectivity index (χ3v) is 4.52. The molecular weight excluding hydrogens is 372 g/mol. The molecular formula is C20H24N6O3. The maximum absolute atomic E-state index is 12.2. The minimum absolute atomic E-state index is 0.115. The van der Waals surface area contributed by atoms with Crippen molar-refractivity contribution >= 4 is 11.6 Å². The number of amides is 1. The summed E-state index contributed by atoms with van der Waals surface area (Å²) in [6.07, 6.45) is 0. The number of aryl methyl sites for hydroxylation is 2. The zero-order chi connectivity index (χ0) is 21.0. The SMILES string of the molecule is CC(=O)Nc1cccc(C(C)NOCc2c(C)cccc2-n2nnn(C)c2=O)c1. The Morgan fingerprint density at radius 1 is 1.21 bits per heavy atom. The van der Waals surface area contributed by atoms with E-state index >= 15 is 0 Å². The predicted octanol–water partition coefficient (Wildman–Crippen LogP) is 2.02. The Kier molecular flexibility index (Phi) is 6.20. The fourth-order valence-corrected chi connectivity index (χ4v) is 2.93. The smallest absolute Gasteiger partial charge is 0.326 e. The Morgan fingerprint density at radius 3 is 2.66 bits per heavy atom. The molecule has 1 atom stereocenters. The second-order valence-corrected chi connectivity index (χ2v) is 6.80. The molecule has 1 aromatic heterocycles. The molecule has 9 nitrogen and oxygen atoms in total. The van der Waals surface area contributed by atoms with Crippen molar-refractivity contribution in [2.75, 3.05) is 5.32 Å². The van der Waals surface area contributed by atoms with Gasteiger partial charge in [-0.1, -0.05) is 24.3 Å². The van der Waals surface area contributed by atoms with Gasteiger partial charge in [-0.2, -0.15) is 14.8 Å². The number of nitrogens with one attached hydrogen (secondary N) is 2. The largest absolute Gasteiger partial charge is 0.368 e. The Hall–Kier alpha value is -3.30. The molecule has 0 aliphatic carbocycles. The molecule has 3 aromatic rings. The van der Waals surface area contributed by atoms with Crippen LogP contribution >= 0.6 is 0 Å². The highest BCUT2D eigenvalue weighted by Gasteiger charge is 2.14. The van der Waals surface area contributed by atoms with Crippen LogP contribution in [0.2, 0.25) is 0 Å². The highest BCUT2D eigenvalue weighted by atomic mass is 16.6. The second-order valence-electron chi connectivity index (χ2n) is 6.80. The van der Waals surface area contributed by atoms with Crippen LogP contribution in [0.5, 0.6) is 0 Å². The molecule has 0 radical (unpaired) electrons. The summed E-state index contributed by atoms with van der Waals surface area (Å²) in [6.45, 7) is 5.61. The molecule has 9 heteroatoms. The first-order valence-corrected chi connectivity index (χ1v) is 9.19. The molecule has 3 rings (SSSR count). The number of tetrazole rings is 1. The van der Waals surface area contributed by atoms with Crippen LogP contribution in [0, 0.1) is 6.92 Å². The number of benzene rings is 2. The summed E-state index contributed by atoms with van der Waals surface area (Å²) in [5.41, 5.74) is 6.82. The van der Waals surface area contributed by atoms with Gasteiger partial charge in [-0.25, -0.2) is 4.79 Å². The minimum Gasteiger partial charge on any atom is -0.326 e. The van der Waals surface area contributed by atoms with Crippen LogP contribution in [-0.2, 0) is 23.3 Å². The van der Waals surface area contributed by atoms with E-state index in [-0.39, 0.29) is 24.2 Å². The molecule has 2 N–H and O–H groups in total. The summed E-state index contributed by atoms with van der Waals surface area (Å²) in [6, 6.07) is 13.0. The van der Waals surface area contributed by atoms with Crippen molar-refractivity contribution in [3.05, 3.63) is 69.6 Å². The zero-order valence-electron chi connectivity index (χ0n) is 16.8. The Bertz CT molecular complexity index is 1070. The number of hydroxylamine groups is 1. The van der Waals surface area contributed by atoms with E-state index in [0.717, 1.165) is 22.4 Å². The third-order valence-electron chi connectivity index (χ3n) is 4.52. The first-order chi connectivity index (χ1) is 13.9. The molecule has 0 saturated heterocycles. The van der Waals surface area contributed by atoms with Gasteiger partial charge in [-0.3, -0.25) is 9.63 Å². The lowest BCUT2D eigenvalue weighted by Gasteiger charge is -2.17. The summed E-state index contributed by atoms with van der Waals surface area (Å²) >= 11 is 0. The van der Waals surface area contributed by atoms with E-state index in [1.807, 2.05) is 56.3 Å². The molecule has 0 saturated carbocycles. The van der Waals surface area contributed by atoms with Gasteiger partial charge in [-0.15, -0.1) is 0 Å². The molecule has 0 aliphatic heterocycles. The molecule has 2 aromatic carbocycles. The van der Waals surface area contributed by atoms with E-state index in [4.69, 9.17) is 4.84 Å². The number of rotatable bonds is 7. The molecule has 1 heterocycles. The van der Waals surface area contributed by atoms with Crippen LogP contribution in [-0.4, -0.2) is 25.7 Å². The first kappa shape index (κ1) is 20.4. The van der Waals surface area contributed by atoms with Gasteiger partial charge >= 0.3 is 5.69 Å². The molecule has 1 amide bonds. The highest BCUT2D eigenvalue weighted by Crippen LogP contribution is 2.20. The average Bonchev–Trinajstić information content (AvgIpc) is 3.01. The van der Waals surface area contributed by atoms with E-state index in [1.54, 1.807) is 7.05 Å². The van der Waals surface area contributed by atoms with Crippen LogP contribution in [0.1, 0.15) is 36.6 Å². The number of anilines is 1. The fourth-order valence-electron chi connectivity index (χ4n) is 2.93. The fraction of sp³-hybridized carbons (Fsp3) is 0.300. The topological polar surface area (TPSA) is 103 Å². The van der Waals surface area contributed by atoms with Crippen molar-refractivity contribution in [2.45, 2.75) is 33.4 Å². The van der Waals surface area contributed by atoms with Crippen molar-refractivity contribution in [2.24, 2.45) is 7.05 Å². The second kappa shape index (κ2) is 8.80. The zero-order valence-corrected chi connectivity index (χ0v) is 16.8. The quantitative estimate of drug-likeness (QED) is 0.592. The van der Waals surface area contributed by atoms with E-state index in [9.17, 15) is 9.59 Å². The van der Waals surface area contributed by atoms with Crippen molar-refractivity contribution in [3.8, 4) is 5.69 Å². The Morgan fingerprint density at radius 2 is 1.97 bits per heavy atom. The summed E-state index contributed by atoms with van der Waals surface area (Å²) in [5.74, 6) is -0.120. The summed E-state index contributed by atoms with van der Waals surface area (Å²) < 4.78 is 2.43. The van der Waals surface area contributed by atoms with Crippen LogP contribution < -0.4 is 16.5 Å². The maximum atomic E-state index is 12.2. The van der Waals surface area contributed by atoms with Crippen molar-refractivity contribution in [3.63, 3.8) is 0 Å². The molecule has 29 heavy (non-hydrogen) atoms. The van der Waals surface area contributed by atoms with Gasteiger partial charge in [0.15, 0.2) is 0 Å². The van der Waals surface area contributed by atoms with Gasteiger partial charge in [0, 0.05) is 25.2 Å². The normalized spacial score (nSPS) is 12.0. The number of hydrogen-bond donors (Lipinski definition) is 2. The number of hydrogen-bond acceptors (Lipinski definition) is 6. The first-order valence-electron chi connectivity index (χ1n) is 9.19. The minimum atomic E-state index is -0.326. The molecule has 0 aliphatic rings. The van der Waals surface area contributed by atoms with Crippen molar-refractivity contribution in [1.82, 2.24) is 25.3 Å². The van der Waals surface area contributed by atoms with E-state index in [2.05, 4.69) is 21.2 Å².